The van der Waals surface area contributed by atoms with E-state index in [-0.39, 0.29) is 17.5 Å². The van der Waals surface area contributed by atoms with Crippen LogP contribution >= 0.6 is 0 Å². The molecule has 1 aromatic rings. The summed E-state index contributed by atoms with van der Waals surface area (Å²) in [5.74, 6) is 0.101. The Balaban J connectivity index is 0.000000921. The molecule has 1 rings (SSSR count). The van der Waals surface area contributed by atoms with Crippen molar-refractivity contribution in [3.63, 3.8) is 0 Å². The van der Waals surface area contributed by atoms with Crippen LogP contribution in [0.1, 0.15) is 19.4 Å². The Hall–Kier alpha value is -1.59. The fraction of sp³-hybridized carbons (Fsp3) is 0.300. The van der Waals surface area contributed by atoms with Crippen molar-refractivity contribution in [2.75, 3.05) is 0 Å². The highest BCUT2D eigenvalue weighted by molar-refractivity contribution is 5.83. The molecule has 5 nitrogen and oxygen atoms in total. The van der Waals surface area contributed by atoms with Gasteiger partial charge in [-0.2, -0.15) is 0 Å². The molecule has 0 aromatic heterocycles. The van der Waals surface area contributed by atoms with Gasteiger partial charge in [0.15, 0.2) is 0 Å². The van der Waals surface area contributed by atoms with Crippen LogP contribution < -0.4 is 0 Å². The standard InChI is InChI=1S/C10H13NO2.H2O2/c1-7(2)11-6-8-3-4-9(12)5-10(8)13;1-2/h3-7,12-13H,1-2H3;1-2H. The lowest BCUT2D eigenvalue weighted by Crippen LogP contribution is -1.90. The number of hydrogen-bond donors (Lipinski definition) is 4. The second-order valence-electron chi connectivity index (χ2n) is 3.12. The number of phenolic OH excluding ortho intramolecular Hbond substituents is 2. The van der Waals surface area contributed by atoms with Crippen molar-refractivity contribution >= 4 is 6.21 Å². The van der Waals surface area contributed by atoms with Crippen molar-refractivity contribution in [1.29, 1.82) is 0 Å². The summed E-state index contributed by atoms with van der Waals surface area (Å²) in [7, 11) is 0. The van der Waals surface area contributed by atoms with Crippen molar-refractivity contribution in [3.8, 4) is 11.5 Å². The molecule has 4 N–H and O–H groups in total. The predicted octanol–water partition coefficient (Wildman–Crippen LogP) is 1.94. The molecule has 0 fully saturated rings. The van der Waals surface area contributed by atoms with Gasteiger partial charge in [-0.25, -0.2) is 0 Å². The molecule has 5 heteroatoms. The Morgan fingerprint density at radius 2 is 1.80 bits per heavy atom. The maximum Gasteiger partial charge on any atom is 0.128 e. The summed E-state index contributed by atoms with van der Waals surface area (Å²) in [4.78, 5) is 4.12. The van der Waals surface area contributed by atoms with Crippen LogP contribution in [0.4, 0.5) is 0 Å². The second-order valence-corrected chi connectivity index (χ2v) is 3.12. The minimum absolute atomic E-state index is 0.0457. The molecule has 0 saturated carbocycles. The molecule has 0 heterocycles. The first-order valence-corrected chi connectivity index (χ1v) is 4.35. The second kappa shape index (κ2) is 6.80. The van der Waals surface area contributed by atoms with Crippen LogP contribution in [0.2, 0.25) is 0 Å². The van der Waals surface area contributed by atoms with E-state index in [9.17, 15) is 5.11 Å². The van der Waals surface area contributed by atoms with Crippen LogP contribution in [0.15, 0.2) is 23.2 Å². The molecule has 15 heavy (non-hydrogen) atoms. The fourth-order valence-electron chi connectivity index (χ4n) is 0.871. The molecule has 0 saturated heterocycles. The van der Waals surface area contributed by atoms with E-state index in [1.54, 1.807) is 12.3 Å². The van der Waals surface area contributed by atoms with Crippen LogP contribution in [0.25, 0.3) is 0 Å². The lowest BCUT2D eigenvalue weighted by molar-refractivity contribution is -0.176. The zero-order chi connectivity index (χ0) is 11.8. The zero-order valence-corrected chi connectivity index (χ0v) is 8.62. The summed E-state index contributed by atoms with van der Waals surface area (Å²) in [5.41, 5.74) is 0.617. The molecule has 0 atom stereocenters. The Bertz CT molecular complexity index is 323. The topological polar surface area (TPSA) is 93.3 Å². The van der Waals surface area contributed by atoms with E-state index in [1.165, 1.54) is 12.1 Å². The number of nitrogens with zero attached hydrogens (tertiary/aromatic N) is 1. The summed E-state index contributed by atoms with van der Waals surface area (Å²) < 4.78 is 0. The van der Waals surface area contributed by atoms with Gasteiger partial charge in [-0.3, -0.25) is 15.5 Å². The quantitative estimate of drug-likeness (QED) is 0.343. The first kappa shape index (κ1) is 13.4. The summed E-state index contributed by atoms with van der Waals surface area (Å²) in [6.07, 6.45) is 1.60. The third kappa shape index (κ3) is 4.99. The minimum Gasteiger partial charge on any atom is -0.508 e. The predicted molar refractivity (Wildman–Crippen MR) is 57.8 cm³/mol. The van der Waals surface area contributed by atoms with Crippen molar-refractivity contribution < 1.29 is 20.7 Å². The number of hydrogen-bond acceptors (Lipinski definition) is 5. The fourth-order valence-corrected chi connectivity index (χ4v) is 0.871. The van der Waals surface area contributed by atoms with Gasteiger partial charge in [0.2, 0.25) is 0 Å². The molecule has 0 unspecified atom stereocenters. The van der Waals surface area contributed by atoms with Crippen molar-refractivity contribution in [2.45, 2.75) is 19.9 Å². The first-order valence-electron chi connectivity index (χ1n) is 4.35. The SMILES string of the molecule is CC(C)N=Cc1ccc(O)cc1O.OO. The van der Waals surface area contributed by atoms with E-state index in [0.717, 1.165) is 0 Å². The van der Waals surface area contributed by atoms with Gasteiger partial charge in [0.1, 0.15) is 11.5 Å². The number of phenols is 2. The molecule has 0 aliphatic carbocycles. The molecule has 0 radical (unpaired) electrons. The first-order chi connectivity index (χ1) is 7.09. The Labute approximate surface area is 87.9 Å². The third-order valence-corrected chi connectivity index (χ3v) is 1.53. The summed E-state index contributed by atoms with van der Waals surface area (Å²) >= 11 is 0. The molecule has 0 aliphatic heterocycles. The van der Waals surface area contributed by atoms with E-state index in [2.05, 4.69) is 4.99 Å². The average molecular weight is 213 g/mol. The molecular weight excluding hydrogens is 198 g/mol. The largest absolute Gasteiger partial charge is 0.508 e. The van der Waals surface area contributed by atoms with E-state index in [4.69, 9.17) is 15.6 Å². The lowest BCUT2D eigenvalue weighted by atomic mass is 10.2. The summed E-state index contributed by atoms with van der Waals surface area (Å²) in [6, 6.07) is 4.63. The van der Waals surface area contributed by atoms with E-state index in [1.807, 2.05) is 13.8 Å². The van der Waals surface area contributed by atoms with E-state index >= 15 is 0 Å². The third-order valence-electron chi connectivity index (χ3n) is 1.53. The van der Waals surface area contributed by atoms with E-state index < -0.39 is 0 Å². The van der Waals surface area contributed by atoms with Gasteiger partial charge in [0, 0.05) is 23.9 Å². The summed E-state index contributed by atoms with van der Waals surface area (Å²) in [5, 5.41) is 30.4. The molecule has 0 spiro atoms. The molecule has 0 bridgehead atoms. The average Bonchev–Trinajstić information content (AvgIpc) is 2.19. The van der Waals surface area contributed by atoms with Crippen molar-refractivity contribution in [3.05, 3.63) is 23.8 Å². The molecular formula is C10H15NO4. The van der Waals surface area contributed by atoms with Gasteiger partial charge < -0.3 is 10.2 Å². The number of aromatic hydroxyl groups is 2. The highest BCUT2D eigenvalue weighted by Crippen LogP contribution is 2.20. The Morgan fingerprint density at radius 3 is 2.27 bits per heavy atom. The van der Waals surface area contributed by atoms with Gasteiger partial charge in [-0.05, 0) is 26.0 Å². The van der Waals surface area contributed by atoms with Gasteiger partial charge in [0.25, 0.3) is 0 Å². The lowest BCUT2D eigenvalue weighted by Gasteiger charge is -2.00. The maximum atomic E-state index is 9.35. The highest BCUT2D eigenvalue weighted by Gasteiger charge is 1.98. The number of rotatable bonds is 2. The van der Waals surface area contributed by atoms with Gasteiger partial charge in [0.05, 0.1) is 0 Å². The van der Waals surface area contributed by atoms with E-state index in [0.29, 0.717) is 5.56 Å². The van der Waals surface area contributed by atoms with Crippen LogP contribution in [0.3, 0.4) is 0 Å². The summed E-state index contributed by atoms with van der Waals surface area (Å²) in [6.45, 7) is 3.90. The molecule has 84 valence electrons. The van der Waals surface area contributed by atoms with Crippen molar-refractivity contribution in [1.82, 2.24) is 0 Å². The normalized spacial score (nSPS) is 10.2. The van der Waals surface area contributed by atoms with Gasteiger partial charge in [-0.15, -0.1) is 0 Å². The number of benzene rings is 1. The van der Waals surface area contributed by atoms with Crippen LogP contribution in [0, 0.1) is 0 Å². The van der Waals surface area contributed by atoms with Crippen LogP contribution in [-0.2, 0) is 0 Å². The Morgan fingerprint density at radius 1 is 1.20 bits per heavy atom. The molecule has 0 amide bonds. The molecule has 1 aromatic carbocycles. The smallest absolute Gasteiger partial charge is 0.128 e. The van der Waals surface area contributed by atoms with Gasteiger partial charge >= 0.3 is 0 Å². The maximum absolute atomic E-state index is 9.35. The highest BCUT2D eigenvalue weighted by atomic mass is 17.0. The molecule has 0 aliphatic rings. The minimum atomic E-state index is 0.0457. The van der Waals surface area contributed by atoms with Crippen LogP contribution in [0.5, 0.6) is 11.5 Å². The van der Waals surface area contributed by atoms with Crippen molar-refractivity contribution in [2.24, 2.45) is 4.99 Å². The monoisotopic (exact) mass is 213 g/mol. The Kier molecular flexibility index (Phi) is 6.08. The zero-order valence-electron chi connectivity index (χ0n) is 8.62. The van der Waals surface area contributed by atoms with Gasteiger partial charge in [-0.1, -0.05) is 0 Å². The van der Waals surface area contributed by atoms with Crippen LogP contribution in [-0.4, -0.2) is 33.0 Å². The number of aliphatic imine (C=N–C) groups is 1.